The standard InChI is InChI=1S/C23H24ClN3O4/c1-23(9-4-10-31-23)14-26-22(28)12-17(16-5-2-3-6-21(16)27(29)30)19-13-25-20-8-7-15(24)11-18(19)20/h2-3,5-8,11,13,17,25H,4,9-10,12,14H2,1H3,(H,26,28)/t17-,23-/m0/s1. The average Bonchev–Trinajstić information content (AvgIpc) is 3.37. The minimum Gasteiger partial charge on any atom is -0.373 e. The zero-order chi connectivity index (χ0) is 22.0. The van der Waals surface area contributed by atoms with Crippen molar-refractivity contribution in [2.24, 2.45) is 0 Å². The van der Waals surface area contributed by atoms with Crippen LogP contribution in [0.2, 0.25) is 5.02 Å². The Morgan fingerprint density at radius 3 is 2.87 bits per heavy atom. The number of aromatic nitrogens is 1. The van der Waals surface area contributed by atoms with Crippen molar-refractivity contribution < 1.29 is 14.5 Å². The number of nitro benzene ring substituents is 1. The third-order valence-electron chi connectivity index (χ3n) is 5.91. The first-order valence-electron chi connectivity index (χ1n) is 10.3. The fourth-order valence-corrected chi connectivity index (χ4v) is 4.43. The first kappa shape index (κ1) is 21.3. The summed E-state index contributed by atoms with van der Waals surface area (Å²) in [5, 5.41) is 16.1. The molecule has 8 heteroatoms. The topological polar surface area (TPSA) is 97.3 Å². The molecule has 4 rings (SSSR count). The first-order valence-corrected chi connectivity index (χ1v) is 10.6. The lowest BCUT2D eigenvalue weighted by atomic mass is 9.87. The molecule has 1 aliphatic heterocycles. The molecule has 1 saturated heterocycles. The molecular formula is C23H24ClN3O4. The van der Waals surface area contributed by atoms with Gasteiger partial charge in [0.1, 0.15) is 0 Å². The number of rotatable bonds is 7. The highest BCUT2D eigenvalue weighted by Crippen LogP contribution is 2.38. The van der Waals surface area contributed by atoms with Gasteiger partial charge in [-0.2, -0.15) is 0 Å². The molecule has 3 aromatic rings. The quantitative estimate of drug-likeness (QED) is 0.401. The minimum atomic E-state index is -0.508. The van der Waals surface area contributed by atoms with E-state index < -0.39 is 10.8 Å². The number of hydrogen-bond acceptors (Lipinski definition) is 4. The van der Waals surface area contributed by atoms with Gasteiger partial charge in [-0.25, -0.2) is 0 Å². The molecule has 1 fully saturated rings. The summed E-state index contributed by atoms with van der Waals surface area (Å²) in [5.41, 5.74) is 1.77. The van der Waals surface area contributed by atoms with Crippen LogP contribution in [0.1, 0.15) is 43.2 Å². The van der Waals surface area contributed by atoms with E-state index in [4.69, 9.17) is 16.3 Å². The van der Waals surface area contributed by atoms with Crippen LogP contribution in [0.5, 0.6) is 0 Å². The Morgan fingerprint density at radius 2 is 2.13 bits per heavy atom. The zero-order valence-electron chi connectivity index (χ0n) is 17.2. The van der Waals surface area contributed by atoms with E-state index in [1.54, 1.807) is 30.5 Å². The second-order valence-electron chi connectivity index (χ2n) is 8.19. The average molecular weight is 442 g/mol. The number of nitrogens with one attached hydrogen (secondary N) is 2. The lowest BCUT2D eigenvalue weighted by molar-refractivity contribution is -0.385. The summed E-state index contributed by atoms with van der Waals surface area (Å²) < 4.78 is 5.75. The van der Waals surface area contributed by atoms with Gasteiger partial charge in [-0.05, 0) is 43.5 Å². The molecular weight excluding hydrogens is 418 g/mol. The maximum Gasteiger partial charge on any atom is 0.273 e. The second-order valence-corrected chi connectivity index (χ2v) is 8.62. The first-order chi connectivity index (χ1) is 14.9. The molecule has 2 atom stereocenters. The van der Waals surface area contributed by atoms with Crippen LogP contribution in [-0.4, -0.2) is 34.6 Å². The molecule has 0 unspecified atom stereocenters. The number of ether oxygens (including phenoxy) is 1. The summed E-state index contributed by atoms with van der Waals surface area (Å²) in [6.45, 7) is 3.10. The molecule has 0 radical (unpaired) electrons. The van der Waals surface area contributed by atoms with E-state index in [0.717, 1.165) is 29.3 Å². The Bertz CT molecular complexity index is 1120. The zero-order valence-corrected chi connectivity index (χ0v) is 17.9. The Labute approximate surface area is 184 Å². The molecule has 0 saturated carbocycles. The number of halogens is 1. The highest BCUT2D eigenvalue weighted by molar-refractivity contribution is 6.31. The van der Waals surface area contributed by atoms with E-state index in [1.165, 1.54) is 6.07 Å². The van der Waals surface area contributed by atoms with E-state index in [9.17, 15) is 14.9 Å². The Balaban J connectivity index is 1.68. The van der Waals surface area contributed by atoms with Crippen LogP contribution in [0.3, 0.4) is 0 Å². The summed E-state index contributed by atoms with van der Waals surface area (Å²) in [5.74, 6) is -0.692. The van der Waals surface area contributed by atoms with Gasteiger partial charge in [0.15, 0.2) is 0 Å². The lowest BCUT2D eigenvalue weighted by Crippen LogP contribution is -2.40. The number of amides is 1. The Hall–Kier alpha value is -2.90. The smallest absolute Gasteiger partial charge is 0.273 e. The molecule has 31 heavy (non-hydrogen) atoms. The Morgan fingerprint density at radius 1 is 1.32 bits per heavy atom. The van der Waals surface area contributed by atoms with Gasteiger partial charge < -0.3 is 15.0 Å². The number of nitrogens with zero attached hydrogens (tertiary/aromatic N) is 1. The van der Waals surface area contributed by atoms with Gasteiger partial charge in [-0.1, -0.05) is 29.8 Å². The van der Waals surface area contributed by atoms with Gasteiger partial charge >= 0.3 is 0 Å². The van der Waals surface area contributed by atoms with Gasteiger partial charge in [-0.3, -0.25) is 14.9 Å². The molecule has 1 aliphatic rings. The summed E-state index contributed by atoms with van der Waals surface area (Å²) in [6.07, 6.45) is 3.74. The molecule has 162 valence electrons. The summed E-state index contributed by atoms with van der Waals surface area (Å²) in [6, 6.07) is 12.0. The fraction of sp³-hybridized carbons (Fsp3) is 0.348. The van der Waals surface area contributed by atoms with Crippen LogP contribution in [0.15, 0.2) is 48.7 Å². The second kappa shape index (κ2) is 8.69. The van der Waals surface area contributed by atoms with Crippen LogP contribution in [0.25, 0.3) is 10.9 Å². The maximum atomic E-state index is 12.9. The largest absolute Gasteiger partial charge is 0.373 e. The minimum absolute atomic E-state index is 0.0113. The molecule has 7 nitrogen and oxygen atoms in total. The predicted molar refractivity (Wildman–Crippen MR) is 119 cm³/mol. The molecule has 0 aliphatic carbocycles. The number of aromatic amines is 1. The number of para-hydroxylation sites is 1. The lowest BCUT2D eigenvalue weighted by Gasteiger charge is -2.24. The van der Waals surface area contributed by atoms with E-state index >= 15 is 0 Å². The van der Waals surface area contributed by atoms with E-state index in [-0.39, 0.29) is 23.6 Å². The third kappa shape index (κ3) is 4.57. The molecule has 1 aromatic heterocycles. The van der Waals surface area contributed by atoms with Gasteiger partial charge in [0.2, 0.25) is 5.91 Å². The number of nitro groups is 1. The molecule has 0 spiro atoms. The SMILES string of the molecule is C[C@@]1(CNC(=O)C[C@@H](c2ccccc2[N+](=O)[O-])c2c[nH]c3ccc(Cl)cc23)CCCO1. The van der Waals surface area contributed by atoms with Crippen molar-refractivity contribution in [1.82, 2.24) is 10.3 Å². The monoisotopic (exact) mass is 441 g/mol. The van der Waals surface area contributed by atoms with Gasteiger partial charge in [-0.15, -0.1) is 0 Å². The maximum absolute atomic E-state index is 12.9. The van der Waals surface area contributed by atoms with Crippen LogP contribution in [0, 0.1) is 10.1 Å². The van der Waals surface area contributed by atoms with Crippen molar-refractivity contribution in [2.75, 3.05) is 13.2 Å². The summed E-state index contributed by atoms with van der Waals surface area (Å²) >= 11 is 6.21. The number of benzene rings is 2. The van der Waals surface area contributed by atoms with Crippen molar-refractivity contribution in [3.63, 3.8) is 0 Å². The van der Waals surface area contributed by atoms with E-state index in [0.29, 0.717) is 23.7 Å². The predicted octanol–water partition coefficient (Wildman–Crippen LogP) is 4.94. The molecule has 1 amide bonds. The highest BCUT2D eigenvalue weighted by Gasteiger charge is 2.32. The van der Waals surface area contributed by atoms with Crippen molar-refractivity contribution in [3.8, 4) is 0 Å². The summed E-state index contributed by atoms with van der Waals surface area (Å²) in [7, 11) is 0. The molecule has 2 heterocycles. The van der Waals surface area contributed by atoms with Gasteiger partial charge in [0.05, 0.1) is 10.5 Å². The van der Waals surface area contributed by atoms with Crippen LogP contribution >= 0.6 is 11.6 Å². The van der Waals surface area contributed by atoms with Crippen LogP contribution < -0.4 is 5.32 Å². The highest BCUT2D eigenvalue weighted by atomic mass is 35.5. The number of carbonyl (C=O) groups excluding carboxylic acids is 1. The van der Waals surface area contributed by atoms with Gasteiger partial charge in [0.25, 0.3) is 5.69 Å². The van der Waals surface area contributed by atoms with Crippen LogP contribution in [-0.2, 0) is 9.53 Å². The van der Waals surface area contributed by atoms with Crippen molar-refractivity contribution in [2.45, 2.75) is 37.7 Å². The van der Waals surface area contributed by atoms with E-state index in [1.807, 2.05) is 19.1 Å². The molecule has 2 N–H and O–H groups in total. The van der Waals surface area contributed by atoms with Crippen molar-refractivity contribution in [1.29, 1.82) is 0 Å². The van der Waals surface area contributed by atoms with Crippen molar-refractivity contribution >= 4 is 34.1 Å². The number of H-pyrrole nitrogens is 1. The van der Waals surface area contributed by atoms with Crippen LogP contribution in [0.4, 0.5) is 5.69 Å². The van der Waals surface area contributed by atoms with E-state index in [2.05, 4.69) is 10.3 Å². The summed E-state index contributed by atoms with van der Waals surface area (Å²) in [4.78, 5) is 27.4. The number of fused-ring (bicyclic) bond motifs is 1. The molecule has 2 aromatic carbocycles. The molecule has 0 bridgehead atoms. The number of carbonyl (C=O) groups is 1. The fourth-order valence-electron chi connectivity index (χ4n) is 4.26. The normalized spacial score (nSPS) is 19.4. The van der Waals surface area contributed by atoms with Gasteiger partial charge in [0, 0.05) is 59.2 Å². The third-order valence-corrected chi connectivity index (χ3v) is 6.14. The number of hydrogen-bond donors (Lipinski definition) is 2. The van der Waals surface area contributed by atoms with Crippen molar-refractivity contribution in [3.05, 3.63) is 74.9 Å². The Kier molecular flexibility index (Phi) is 5.98.